The van der Waals surface area contributed by atoms with Gasteiger partial charge in [-0.3, -0.25) is 4.79 Å². The van der Waals surface area contributed by atoms with Crippen LogP contribution in [0.25, 0.3) is 0 Å². The fraction of sp³-hybridized carbons (Fsp3) is 0.417. The molecule has 3 N–H and O–H groups in total. The lowest BCUT2D eigenvalue weighted by atomic mass is 10.1. The van der Waals surface area contributed by atoms with E-state index in [1.807, 2.05) is 0 Å². The van der Waals surface area contributed by atoms with E-state index >= 15 is 0 Å². The Morgan fingerprint density at radius 3 is 2.84 bits per heavy atom. The van der Waals surface area contributed by atoms with E-state index < -0.39 is 29.9 Å². The minimum absolute atomic E-state index is 0.0888. The Hall–Kier alpha value is -2.20. The first-order chi connectivity index (χ1) is 9.01. The minimum atomic E-state index is -0.975. The maximum absolute atomic E-state index is 13.6. The van der Waals surface area contributed by atoms with Gasteiger partial charge in [-0.25, -0.2) is 9.37 Å². The molecular formula is C12H12FN3O3. The molecule has 0 radical (unpaired) electrons. The molecule has 2 rings (SSSR count). The zero-order valence-corrected chi connectivity index (χ0v) is 9.88. The average molecular weight is 265 g/mol. The Morgan fingerprint density at radius 2 is 2.32 bits per heavy atom. The molecule has 1 aromatic heterocycles. The number of hydrogen-bond donors (Lipinski definition) is 3. The molecule has 0 bridgehead atoms. The molecule has 1 saturated carbocycles. The Balaban J connectivity index is 2.10. The summed E-state index contributed by atoms with van der Waals surface area (Å²) in [6.45, 7) is 0. The first-order valence-corrected chi connectivity index (χ1v) is 5.74. The summed E-state index contributed by atoms with van der Waals surface area (Å²) in [6, 6.07) is 2.24. The normalized spacial score (nSPS) is 25.8. The monoisotopic (exact) mass is 265 g/mol. The van der Waals surface area contributed by atoms with Crippen LogP contribution in [-0.4, -0.2) is 33.3 Å². The van der Waals surface area contributed by atoms with Gasteiger partial charge in [0.2, 0.25) is 0 Å². The third-order valence-corrected chi connectivity index (χ3v) is 3.17. The van der Waals surface area contributed by atoms with Crippen molar-refractivity contribution in [1.29, 1.82) is 5.26 Å². The average Bonchev–Trinajstić information content (AvgIpc) is 2.73. The Morgan fingerprint density at radius 1 is 1.58 bits per heavy atom. The molecule has 0 amide bonds. The highest BCUT2D eigenvalue weighted by molar-refractivity contribution is 5.70. The van der Waals surface area contributed by atoms with Crippen molar-refractivity contribution < 1.29 is 19.4 Å². The van der Waals surface area contributed by atoms with E-state index in [9.17, 15) is 14.3 Å². The molecule has 1 heterocycles. The van der Waals surface area contributed by atoms with Crippen LogP contribution in [0.5, 0.6) is 0 Å². The van der Waals surface area contributed by atoms with Crippen molar-refractivity contribution in [3.63, 3.8) is 0 Å². The number of hydrogen-bond acceptors (Lipinski definition) is 5. The second-order valence-electron chi connectivity index (χ2n) is 4.49. The molecule has 0 saturated heterocycles. The molecule has 3 unspecified atom stereocenters. The predicted octanol–water partition coefficient (Wildman–Crippen LogP) is 0.728. The maximum Gasteiger partial charge on any atom is 0.306 e. The highest BCUT2D eigenvalue weighted by Crippen LogP contribution is 2.29. The fourth-order valence-corrected chi connectivity index (χ4v) is 2.15. The zero-order valence-electron chi connectivity index (χ0n) is 9.88. The molecule has 7 heteroatoms. The third kappa shape index (κ3) is 2.80. The number of aliphatic hydroxyl groups is 1. The van der Waals surface area contributed by atoms with Crippen molar-refractivity contribution >= 4 is 11.8 Å². The summed E-state index contributed by atoms with van der Waals surface area (Å²) in [7, 11) is 0. The van der Waals surface area contributed by atoms with Crippen LogP contribution in [0, 0.1) is 23.1 Å². The molecule has 100 valence electrons. The molecule has 0 spiro atoms. The number of rotatable bonds is 3. The SMILES string of the molecule is N#Cc1cnc(NC2CC(C(=O)O)CC2O)c(F)c1. The van der Waals surface area contributed by atoms with Crippen LogP contribution in [0.15, 0.2) is 12.3 Å². The summed E-state index contributed by atoms with van der Waals surface area (Å²) in [6.07, 6.45) is 0.683. The van der Waals surface area contributed by atoms with Gasteiger partial charge in [0.1, 0.15) is 6.07 Å². The van der Waals surface area contributed by atoms with Crippen molar-refractivity contribution in [1.82, 2.24) is 4.98 Å². The molecule has 1 aliphatic carbocycles. The molecule has 1 aromatic rings. The summed E-state index contributed by atoms with van der Waals surface area (Å²) in [5.74, 6) is -2.41. The summed E-state index contributed by atoms with van der Waals surface area (Å²) in [5.41, 5.74) is 0.0958. The number of nitrogens with zero attached hydrogens (tertiary/aromatic N) is 2. The number of aromatic nitrogens is 1. The smallest absolute Gasteiger partial charge is 0.306 e. The molecule has 6 nitrogen and oxygen atoms in total. The van der Waals surface area contributed by atoms with Crippen LogP contribution < -0.4 is 5.32 Å². The summed E-state index contributed by atoms with van der Waals surface area (Å²) < 4.78 is 13.6. The minimum Gasteiger partial charge on any atom is -0.481 e. The number of anilines is 1. The van der Waals surface area contributed by atoms with Gasteiger partial charge < -0.3 is 15.5 Å². The van der Waals surface area contributed by atoms with Gasteiger partial charge in [0.05, 0.1) is 23.6 Å². The van der Waals surface area contributed by atoms with E-state index in [2.05, 4.69) is 10.3 Å². The molecule has 19 heavy (non-hydrogen) atoms. The van der Waals surface area contributed by atoms with Crippen LogP contribution in [-0.2, 0) is 4.79 Å². The second kappa shape index (κ2) is 5.20. The van der Waals surface area contributed by atoms with Gasteiger partial charge in [-0.05, 0) is 18.9 Å². The number of aliphatic hydroxyl groups excluding tert-OH is 1. The topological polar surface area (TPSA) is 106 Å². The van der Waals surface area contributed by atoms with E-state index in [1.54, 1.807) is 6.07 Å². The number of carbonyl (C=O) groups is 1. The second-order valence-corrected chi connectivity index (χ2v) is 4.49. The van der Waals surface area contributed by atoms with Crippen LogP contribution in [0.3, 0.4) is 0 Å². The van der Waals surface area contributed by atoms with Crippen LogP contribution in [0.4, 0.5) is 10.2 Å². The highest BCUT2D eigenvalue weighted by Gasteiger charge is 2.37. The number of pyridine rings is 1. The van der Waals surface area contributed by atoms with Crippen molar-refractivity contribution in [2.24, 2.45) is 5.92 Å². The maximum atomic E-state index is 13.6. The summed E-state index contributed by atoms with van der Waals surface area (Å²) >= 11 is 0. The standard InChI is InChI=1S/C12H12FN3O3/c13-8-1-6(4-14)5-15-11(8)16-9-2-7(12(18)19)3-10(9)17/h1,5,7,9-10,17H,2-3H2,(H,15,16)(H,18,19). The number of nitrogens with one attached hydrogen (secondary N) is 1. The van der Waals surface area contributed by atoms with Crippen molar-refractivity contribution in [2.75, 3.05) is 5.32 Å². The van der Waals surface area contributed by atoms with E-state index in [-0.39, 0.29) is 24.2 Å². The zero-order chi connectivity index (χ0) is 14.0. The summed E-state index contributed by atoms with van der Waals surface area (Å²) in [4.78, 5) is 14.6. The van der Waals surface area contributed by atoms with Gasteiger partial charge in [0.25, 0.3) is 0 Å². The number of carboxylic acid groups (broad SMARTS) is 1. The lowest BCUT2D eigenvalue weighted by molar-refractivity contribution is -0.141. The number of carboxylic acids is 1. The van der Waals surface area contributed by atoms with Gasteiger partial charge in [0.15, 0.2) is 11.6 Å². The first kappa shape index (κ1) is 13.2. The third-order valence-electron chi connectivity index (χ3n) is 3.17. The number of aliphatic carboxylic acids is 1. The summed E-state index contributed by atoms with van der Waals surface area (Å²) in [5, 5.41) is 29.9. The van der Waals surface area contributed by atoms with Gasteiger partial charge in [-0.2, -0.15) is 5.26 Å². The van der Waals surface area contributed by atoms with Crippen LogP contribution in [0.1, 0.15) is 18.4 Å². The van der Waals surface area contributed by atoms with Crippen LogP contribution in [0.2, 0.25) is 0 Å². The van der Waals surface area contributed by atoms with Crippen molar-refractivity contribution in [3.8, 4) is 6.07 Å². The van der Waals surface area contributed by atoms with E-state index in [1.165, 1.54) is 6.20 Å². The molecule has 1 fully saturated rings. The van der Waals surface area contributed by atoms with E-state index in [0.717, 1.165) is 6.07 Å². The quantitative estimate of drug-likeness (QED) is 0.743. The van der Waals surface area contributed by atoms with E-state index in [4.69, 9.17) is 10.4 Å². The van der Waals surface area contributed by atoms with E-state index in [0.29, 0.717) is 0 Å². The van der Waals surface area contributed by atoms with Gasteiger partial charge in [0, 0.05) is 6.20 Å². The Labute approximate surface area is 108 Å². The number of nitriles is 1. The molecular weight excluding hydrogens is 253 g/mol. The lowest BCUT2D eigenvalue weighted by Gasteiger charge is -2.17. The van der Waals surface area contributed by atoms with Gasteiger partial charge >= 0.3 is 5.97 Å². The lowest BCUT2D eigenvalue weighted by Crippen LogP contribution is -2.28. The number of halogens is 1. The molecule has 3 atom stereocenters. The van der Waals surface area contributed by atoms with Crippen molar-refractivity contribution in [2.45, 2.75) is 25.0 Å². The predicted molar refractivity (Wildman–Crippen MR) is 62.7 cm³/mol. The first-order valence-electron chi connectivity index (χ1n) is 5.74. The van der Waals surface area contributed by atoms with Gasteiger partial charge in [-0.1, -0.05) is 0 Å². The largest absolute Gasteiger partial charge is 0.481 e. The molecule has 0 aromatic carbocycles. The fourth-order valence-electron chi connectivity index (χ4n) is 2.15. The Bertz CT molecular complexity index is 544. The van der Waals surface area contributed by atoms with Gasteiger partial charge in [-0.15, -0.1) is 0 Å². The molecule has 1 aliphatic rings. The van der Waals surface area contributed by atoms with Crippen molar-refractivity contribution in [3.05, 3.63) is 23.6 Å². The molecule has 0 aliphatic heterocycles. The Kier molecular flexibility index (Phi) is 3.62. The highest BCUT2D eigenvalue weighted by atomic mass is 19.1. The van der Waals surface area contributed by atoms with Crippen LogP contribution >= 0.6 is 0 Å².